The van der Waals surface area contributed by atoms with E-state index in [-0.39, 0.29) is 34.3 Å². The summed E-state index contributed by atoms with van der Waals surface area (Å²) in [6.07, 6.45) is 0. The third kappa shape index (κ3) is 0.429. The van der Waals surface area contributed by atoms with Gasteiger partial charge < -0.3 is 4.74 Å². The van der Waals surface area contributed by atoms with Crippen LogP contribution in [0.25, 0.3) is 0 Å². The molecule has 6 heteroatoms. The fraction of sp³-hybridized carbons (Fsp3) is 0.846. The Morgan fingerprint density at radius 1 is 1.00 bits per heavy atom. The average Bonchev–Trinajstić information content (AvgIpc) is 2.87. The molecule has 4 saturated carbocycles. The molecule has 0 amide bonds. The van der Waals surface area contributed by atoms with Crippen molar-refractivity contribution >= 4 is 0 Å². The number of aromatic nitrogens is 3. The third-order valence-corrected chi connectivity index (χ3v) is 7.91. The zero-order chi connectivity index (χ0) is 12.5. The molecule has 4 aliphatic carbocycles. The first-order chi connectivity index (χ1) is 9.18. The molecule has 0 N–H and O–H groups in total. The second-order valence-corrected chi connectivity index (χ2v) is 7.48. The fourth-order valence-corrected chi connectivity index (χ4v) is 7.74. The number of hydrogen-bond acceptors (Lipinski definition) is 3. The predicted molar refractivity (Wildman–Crippen MR) is 61.7 cm³/mol. The molecule has 2 bridgehead atoms. The van der Waals surface area contributed by atoms with Gasteiger partial charge in [-0.15, -0.1) is 0 Å². The van der Waals surface area contributed by atoms with E-state index >= 15 is 0 Å². The highest BCUT2D eigenvalue weighted by Crippen LogP contribution is 3.03. The summed E-state index contributed by atoms with van der Waals surface area (Å²) in [5.41, 5.74) is 0.197. The van der Waals surface area contributed by atoms with Gasteiger partial charge in [-0.05, 0) is 23.7 Å². The maximum atomic E-state index is 12.4. The van der Waals surface area contributed by atoms with Crippen molar-refractivity contribution < 1.29 is 4.74 Å². The van der Waals surface area contributed by atoms with Gasteiger partial charge in [-0.25, -0.2) is 23.5 Å². The van der Waals surface area contributed by atoms with E-state index in [1.165, 1.54) is 4.57 Å². The van der Waals surface area contributed by atoms with Gasteiger partial charge in [-0.3, -0.25) is 0 Å². The standard InChI is InChI=1S/C13H13N3O3/c1-14-10(17)15-8-4-5-7-6(4)12(8)2-19-3-13(7,12)9(5)16(15)11(14)18/h4-9H,2-3H2,1H3/t4-,5+,6-,7+,8-,9-,12+,13-/m1/s1. The Balaban J connectivity index is 1.69. The Labute approximate surface area is 107 Å². The van der Waals surface area contributed by atoms with Crippen LogP contribution in [0.2, 0.25) is 0 Å². The average molecular weight is 259 g/mol. The first-order valence-corrected chi connectivity index (χ1v) is 7.16. The van der Waals surface area contributed by atoms with E-state index in [0.717, 1.165) is 25.0 Å². The lowest BCUT2D eigenvalue weighted by molar-refractivity contribution is -0.533. The smallest absolute Gasteiger partial charge is 0.347 e. The molecular weight excluding hydrogens is 246 g/mol. The highest BCUT2D eigenvalue weighted by Gasteiger charge is 3.04. The maximum Gasteiger partial charge on any atom is 0.347 e. The molecule has 3 aliphatic heterocycles. The van der Waals surface area contributed by atoms with Crippen LogP contribution in [0.4, 0.5) is 0 Å². The first kappa shape index (κ1) is 8.79. The molecule has 0 aromatic carbocycles. The normalized spacial score (nSPS) is 63.2. The SMILES string of the molecule is Cn1c(=O)n2n(c1=O)[C@@H]1[C@H]3[C@@H]4[C@@H]5[C@H]3[C@]13COC[C@@]53[C@@H]42. The molecule has 8 atom stereocenters. The van der Waals surface area contributed by atoms with E-state index in [0.29, 0.717) is 11.8 Å². The molecule has 8 rings (SSSR count). The van der Waals surface area contributed by atoms with Crippen LogP contribution < -0.4 is 11.4 Å². The van der Waals surface area contributed by atoms with E-state index in [1.54, 1.807) is 16.4 Å². The molecule has 1 aromatic heterocycles. The summed E-state index contributed by atoms with van der Waals surface area (Å²) in [5.74, 6) is 2.94. The topological polar surface area (TPSA) is 58.2 Å². The van der Waals surface area contributed by atoms with Crippen LogP contribution in [-0.4, -0.2) is 27.1 Å². The Morgan fingerprint density at radius 2 is 1.47 bits per heavy atom. The summed E-state index contributed by atoms with van der Waals surface area (Å²) in [6, 6.07) is 0.503. The van der Waals surface area contributed by atoms with Crippen molar-refractivity contribution in [3.8, 4) is 0 Å². The van der Waals surface area contributed by atoms with Crippen molar-refractivity contribution in [1.82, 2.24) is 13.9 Å². The van der Waals surface area contributed by atoms with Crippen molar-refractivity contribution in [2.75, 3.05) is 13.2 Å². The molecule has 6 nitrogen and oxygen atoms in total. The lowest BCUT2D eigenvalue weighted by Gasteiger charge is -2.99. The van der Waals surface area contributed by atoms with Crippen molar-refractivity contribution in [3.63, 3.8) is 0 Å². The van der Waals surface area contributed by atoms with E-state index in [9.17, 15) is 9.59 Å². The van der Waals surface area contributed by atoms with Gasteiger partial charge in [0.25, 0.3) is 0 Å². The van der Waals surface area contributed by atoms with E-state index < -0.39 is 0 Å². The lowest BCUT2D eigenvalue weighted by Crippen LogP contribution is -3.00. The molecule has 0 radical (unpaired) electrons. The van der Waals surface area contributed by atoms with Gasteiger partial charge in [0, 0.05) is 17.9 Å². The Hall–Kier alpha value is -1.30. The van der Waals surface area contributed by atoms with E-state index in [2.05, 4.69) is 0 Å². The van der Waals surface area contributed by atoms with Gasteiger partial charge in [0.05, 0.1) is 25.3 Å². The van der Waals surface area contributed by atoms with Crippen LogP contribution in [0.5, 0.6) is 0 Å². The molecule has 1 saturated heterocycles. The summed E-state index contributed by atoms with van der Waals surface area (Å²) in [5, 5.41) is 0. The van der Waals surface area contributed by atoms with Gasteiger partial charge in [-0.2, -0.15) is 0 Å². The molecule has 1 aromatic rings. The summed E-state index contributed by atoms with van der Waals surface area (Å²) < 4.78 is 10.7. The molecule has 2 spiro atoms. The lowest BCUT2D eigenvalue weighted by atomic mass is 9.06. The molecular formula is C13H13N3O3. The molecule has 98 valence electrons. The molecule has 5 fully saturated rings. The zero-order valence-electron chi connectivity index (χ0n) is 10.4. The van der Waals surface area contributed by atoms with E-state index in [1.807, 2.05) is 0 Å². The number of nitrogens with zero attached hydrogens (tertiary/aromatic N) is 3. The second-order valence-electron chi connectivity index (χ2n) is 7.48. The van der Waals surface area contributed by atoms with Gasteiger partial charge in [-0.1, -0.05) is 0 Å². The maximum absolute atomic E-state index is 12.4. The van der Waals surface area contributed by atoms with Crippen LogP contribution >= 0.6 is 0 Å². The van der Waals surface area contributed by atoms with Gasteiger partial charge in [0.15, 0.2) is 0 Å². The van der Waals surface area contributed by atoms with E-state index in [4.69, 9.17) is 4.74 Å². The van der Waals surface area contributed by atoms with Crippen LogP contribution in [-0.2, 0) is 11.8 Å². The Kier molecular flexibility index (Phi) is 0.873. The van der Waals surface area contributed by atoms with Gasteiger partial charge in [0.1, 0.15) is 0 Å². The van der Waals surface area contributed by atoms with Crippen molar-refractivity contribution in [2.24, 2.45) is 41.5 Å². The predicted octanol–water partition coefficient (Wildman–Crippen LogP) is -1.03. The minimum Gasteiger partial charge on any atom is -0.380 e. The fourth-order valence-electron chi connectivity index (χ4n) is 7.74. The summed E-state index contributed by atoms with van der Waals surface area (Å²) >= 11 is 0. The van der Waals surface area contributed by atoms with Gasteiger partial charge >= 0.3 is 11.4 Å². The van der Waals surface area contributed by atoms with Crippen molar-refractivity contribution in [2.45, 2.75) is 12.1 Å². The molecule has 7 aliphatic rings. The third-order valence-electron chi connectivity index (χ3n) is 7.91. The van der Waals surface area contributed by atoms with Crippen LogP contribution in [0, 0.1) is 34.5 Å². The monoisotopic (exact) mass is 259 g/mol. The highest BCUT2D eigenvalue weighted by atomic mass is 16.5. The minimum absolute atomic E-state index is 0.123. The number of ether oxygens (including phenoxy) is 1. The minimum atomic E-state index is -0.123. The summed E-state index contributed by atoms with van der Waals surface area (Å²) in [6.45, 7) is 1.63. The first-order valence-electron chi connectivity index (χ1n) is 7.16. The summed E-state index contributed by atoms with van der Waals surface area (Å²) in [7, 11) is 1.61. The van der Waals surface area contributed by atoms with Gasteiger partial charge in [0.2, 0.25) is 0 Å². The Morgan fingerprint density at radius 3 is 1.95 bits per heavy atom. The molecule has 0 unspecified atom stereocenters. The molecule has 19 heavy (non-hydrogen) atoms. The van der Waals surface area contributed by atoms with Crippen LogP contribution in [0.1, 0.15) is 12.1 Å². The number of rotatable bonds is 0. The summed E-state index contributed by atoms with van der Waals surface area (Å²) in [4.78, 5) is 24.7. The highest BCUT2D eigenvalue weighted by molar-refractivity contribution is 5.49. The zero-order valence-corrected chi connectivity index (χ0v) is 10.4. The van der Waals surface area contributed by atoms with Crippen LogP contribution in [0.3, 0.4) is 0 Å². The largest absolute Gasteiger partial charge is 0.380 e. The quantitative estimate of drug-likeness (QED) is 0.598. The molecule has 4 heterocycles. The van der Waals surface area contributed by atoms with Crippen molar-refractivity contribution in [3.05, 3.63) is 21.0 Å². The Bertz CT molecular complexity index is 768. The second kappa shape index (κ2) is 1.89. The van der Waals surface area contributed by atoms with Crippen LogP contribution in [0.15, 0.2) is 9.59 Å². The van der Waals surface area contributed by atoms with Crippen molar-refractivity contribution in [1.29, 1.82) is 0 Å². The number of hydrogen-bond donors (Lipinski definition) is 0.